The molecule has 23 heavy (non-hydrogen) atoms. The molecule has 0 N–H and O–H groups in total. The van der Waals surface area contributed by atoms with Gasteiger partial charge in [-0.05, 0) is 19.8 Å². The summed E-state index contributed by atoms with van der Waals surface area (Å²) in [5, 5.41) is -0.556. The molecule has 3 nitrogen and oxygen atoms in total. The van der Waals surface area contributed by atoms with Crippen molar-refractivity contribution < 1.29 is 13.2 Å². The highest BCUT2D eigenvalue weighted by atomic mass is 32.2. The first-order valence-electron chi connectivity index (χ1n) is 9.72. The van der Waals surface area contributed by atoms with Crippen molar-refractivity contribution in [3.8, 4) is 0 Å². The van der Waals surface area contributed by atoms with Crippen molar-refractivity contribution in [2.75, 3.05) is 13.7 Å². The van der Waals surface area contributed by atoms with E-state index in [1.165, 1.54) is 38.5 Å². The van der Waals surface area contributed by atoms with E-state index in [-0.39, 0.29) is 10.5 Å². The van der Waals surface area contributed by atoms with Gasteiger partial charge in [-0.1, -0.05) is 78.1 Å². The summed E-state index contributed by atoms with van der Waals surface area (Å²) in [5.41, 5.74) is 0. The number of unbranched alkanes of at least 4 members (excludes halogenated alkanes) is 8. The van der Waals surface area contributed by atoms with Gasteiger partial charge in [-0.2, -0.15) is 0 Å². The Kier molecular flexibility index (Phi) is 14.2. The van der Waals surface area contributed by atoms with Crippen LogP contribution >= 0.6 is 0 Å². The molecule has 0 saturated carbocycles. The Morgan fingerprint density at radius 2 is 1.22 bits per heavy atom. The van der Waals surface area contributed by atoms with Crippen LogP contribution in [0.15, 0.2) is 0 Å². The highest BCUT2D eigenvalue weighted by Crippen LogP contribution is 2.23. The topological polar surface area (TPSA) is 43.4 Å². The standard InChI is InChI=1S/C19H40O3S/c1-5-7-9-11-13-15-19(16-14-12-10-8-6-2)23(20,21)18(3)17-22-4/h18-19H,5-17H2,1-4H3. The van der Waals surface area contributed by atoms with Gasteiger partial charge in [0.1, 0.15) is 0 Å². The lowest BCUT2D eigenvalue weighted by atomic mass is 10.0. The van der Waals surface area contributed by atoms with Gasteiger partial charge in [-0.3, -0.25) is 0 Å². The van der Waals surface area contributed by atoms with Crippen LogP contribution in [0.2, 0.25) is 0 Å². The molecule has 0 fully saturated rings. The molecule has 0 rings (SSSR count). The molecule has 140 valence electrons. The van der Waals surface area contributed by atoms with Gasteiger partial charge in [0.15, 0.2) is 9.84 Å². The Balaban J connectivity index is 4.46. The van der Waals surface area contributed by atoms with Gasteiger partial charge in [0.25, 0.3) is 0 Å². The predicted molar refractivity (Wildman–Crippen MR) is 101 cm³/mol. The van der Waals surface area contributed by atoms with E-state index in [0.717, 1.165) is 38.5 Å². The number of ether oxygens (including phenoxy) is 1. The monoisotopic (exact) mass is 348 g/mol. The Morgan fingerprint density at radius 3 is 1.61 bits per heavy atom. The molecule has 0 aromatic heterocycles. The maximum Gasteiger partial charge on any atom is 0.158 e. The zero-order chi connectivity index (χ0) is 17.6. The first kappa shape index (κ1) is 22.9. The molecule has 0 aliphatic rings. The Morgan fingerprint density at radius 1 is 0.783 bits per heavy atom. The van der Waals surface area contributed by atoms with E-state index in [0.29, 0.717) is 6.61 Å². The third-order valence-electron chi connectivity index (χ3n) is 4.69. The fraction of sp³-hybridized carbons (Fsp3) is 1.00. The van der Waals surface area contributed by atoms with E-state index in [1.807, 2.05) is 0 Å². The normalized spacial score (nSPS) is 13.6. The van der Waals surface area contributed by atoms with Crippen LogP contribution in [0.5, 0.6) is 0 Å². The third kappa shape index (κ3) is 10.4. The fourth-order valence-corrected chi connectivity index (χ4v) is 5.06. The molecule has 1 atom stereocenters. The van der Waals surface area contributed by atoms with E-state index in [4.69, 9.17) is 4.74 Å². The highest BCUT2D eigenvalue weighted by molar-refractivity contribution is 7.92. The molecule has 0 bridgehead atoms. The second kappa shape index (κ2) is 14.3. The van der Waals surface area contributed by atoms with Crippen molar-refractivity contribution in [2.45, 2.75) is 108 Å². The second-order valence-corrected chi connectivity index (χ2v) is 9.53. The van der Waals surface area contributed by atoms with Crippen LogP contribution < -0.4 is 0 Å². The molecule has 1 unspecified atom stereocenters. The van der Waals surface area contributed by atoms with Gasteiger partial charge in [-0.15, -0.1) is 0 Å². The van der Waals surface area contributed by atoms with E-state index >= 15 is 0 Å². The summed E-state index contributed by atoms with van der Waals surface area (Å²) in [5.74, 6) is 0. The van der Waals surface area contributed by atoms with Crippen LogP contribution in [-0.4, -0.2) is 32.6 Å². The number of rotatable bonds is 16. The van der Waals surface area contributed by atoms with Gasteiger partial charge >= 0.3 is 0 Å². The molecular formula is C19H40O3S. The van der Waals surface area contributed by atoms with Crippen LogP contribution in [0.4, 0.5) is 0 Å². The quantitative estimate of drug-likeness (QED) is 0.345. The molecular weight excluding hydrogens is 308 g/mol. The average molecular weight is 349 g/mol. The largest absolute Gasteiger partial charge is 0.383 e. The zero-order valence-electron chi connectivity index (χ0n) is 16.0. The van der Waals surface area contributed by atoms with Crippen LogP contribution in [0.3, 0.4) is 0 Å². The van der Waals surface area contributed by atoms with Crippen molar-refractivity contribution in [3.63, 3.8) is 0 Å². The Labute approximate surface area is 145 Å². The summed E-state index contributed by atoms with van der Waals surface area (Å²) in [6.07, 6.45) is 13.5. The van der Waals surface area contributed by atoms with Crippen LogP contribution in [0.1, 0.15) is 97.8 Å². The van der Waals surface area contributed by atoms with Crippen molar-refractivity contribution in [3.05, 3.63) is 0 Å². The van der Waals surface area contributed by atoms with Gasteiger partial charge in [0.05, 0.1) is 17.1 Å². The molecule has 0 aromatic carbocycles. The Bertz CT molecular complexity index is 338. The average Bonchev–Trinajstić information content (AvgIpc) is 2.52. The van der Waals surface area contributed by atoms with E-state index in [2.05, 4.69) is 13.8 Å². The molecule has 0 heterocycles. The van der Waals surface area contributed by atoms with Crippen molar-refractivity contribution in [2.24, 2.45) is 0 Å². The molecule has 0 spiro atoms. The maximum atomic E-state index is 12.8. The third-order valence-corrected chi connectivity index (χ3v) is 7.34. The second-order valence-electron chi connectivity index (χ2n) is 6.88. The predicted octanol–water partition coefficient (Wildman–Crippen LogP) is 5.53. The molecule has 0 amide bonds. The summed E-state index contributed by atoms with van der Waals surface area (Å²) < 4.78 is 30.6. The molecule has 0 aliphatic carbocycles. The number of methoxy groups -OCH3 is 1. The summed E-state index contributed by atoms with van der Waals surface area (Å²) in [7, 11) is -1.49. The summed E-state index contributed by atoms with van der Waals surface area (Å²) in [6.45, 7) is 6.51. The minimum Gasteiger partial charge on any atom is -0.383 e. The maximum absolute atomic E-state index is 12.8. The molecule has 0 saturated heterocycles. The van der Waals surface area contributed by atoms with Crippen molar-refractivity contribution in [1.82, 2.24) is 0 Å². The van der Waals surface area contributed by atoms with Gasteiger partial charge in [-0.25, -0.2) is 8.42 Å². The zero-order valence-corrected chi connectivity index (χ0v) is 16.8. The fourth-order valence-electron chi connectivity index (χ4n) is 3.08. The first-order chi connectivity index (χ1) is 11.0. The van der Waals surface area contributed by atoms with Crippen LogP contribution in [0.25, 0.3) is 0 Å². The van der Waals surface area contributed by atoms with Crippen molar-refractivity contribution >= 4 is 9.84 Å². The molecule has 0 aliphatic heterocycles. The smallest absolute Gasteiger partial charge is 0.158 e. The van der Waals surface area contributed by atoms with E-state index in [9.17, 15) is 8.42 Å². The number of hydrogen-bond donors (Lipinski definition) is 0. The summed E-state index contributed by atoms with van der Waals surface area (Å²) >= 11 is 0. The number of hydrogen-bond acceptors (Lipinski definition) is 3. The number of sulfone groups is 1. The van der Waals surface area contributed by atoms with Crippen LogP contribution in [0, 0.1) is 0 Å². The lowest BCUT2D eigenvalue weighted by Gasteiger charge is -2.22. The lowest BCUT2D eigenvalue weighted by Crippen LogP contribution is -2.33. The lowest BCUT2D eigenvalue weighted by molar-refractivity contribution is 0.200. The van der Waals surface area contributed by atoms with Gasteiger partial charge in [0.2, 0.25) is 0 Å². The summed E-state index contributed by atoms with van der Waals surface area (Å²) in [4.78, 5) is 0. The SMILES string of the molecule is CCCCCCCC(CCCCCCC)S(=O)(=O)C(C)COC. The minimum absolute atomic E-state index is 0.170. The molecule has 4 heteroatoms. The Hall–Kier alpha value is -0.0900. The van der Waals surface area contributed by atoms with E-state index in [1.54, 1.807) is 14.0 Å². The molecule has 0 radical (unpaired) electrons. The molecule has 0 aromatic rings. The van der Waals surface area contributed by atoms with Gasteiger partial charge < -0.3 is 4.74 Å². The minimum atomic E-state index is -3.07. The van der Waals surface area contributed by atoms with Crippen LogP contribution in [-0.2, 0) is 14.6 Å². The van der Waals surface area contributed by atoms with E-state index < -0.39 is 9.84 Å². The van der Waals surface area contributed by atoms with Crippen molar-refractivity contribution in [1.29, 1.82) is 0 Å². The van der Waals surface area contributed by atoms with Gasteiger partial charge in [0, 0.05) is 7.11 Å². The highest BCUT2D eigenvalue weighted by Gasteiger charge is 2.30. The summed E-state index contributed by atoms with van der Waals surface area (Å²) in [6, 6.07) is 0. The first-order valence-corrected chi connectivity index (χ1v) is 11.3.